The Morgan fingerprint density at radius 3 is 2.85 bits per heavy atom. The minimum absolute atomic E-state index is 0.0122. The van der Waals surface area contributed by atoms with Crippen LogP contribution in [0.5, 0.6) is 0 Å². The molecule has 1 N–H and O–H groups in total. The van der Waals surface area contributed by atoms with Crippen molar-refractivity contribution < 1.29 is 27.2 Å². The number of rotatable bonds is 3. The van der Waals surface area contributed by atoms with Crippen LogP contribution in [0.1, 0.15) is 33.7 Å². The van der Waals surface area contributed by atoms with Crippen LogP contribution in [0.25, 0.3) is 11.0 Å². The number of fused-ring (bicyclic) bond motifs is 3. The molecule has 2 aromatic heterocycles. The first-order chi connectivity index (χ1) is 12.3. The predicted molar refractivity (Wildman–Crippen MR) is 84.8 cm³/mol. The van der Waals surface area contributed by atoms with Crippen molar-refractivity contribution in [2.75, 3.05) is 19.6 Å². The molecule has 2 fully saturated rings. The van der Waals surface area contributed by atoms with Crippen LogP contribution in [0, 0.1) is 5.92 Å². The average molecular weight is 367 g/mol. The summed E-state index contributed by atoms with van der Waals surface area (Å²) < 4.78 is 43.1. The van der Waals surface area contributed by atoms with Crippen LogP contribution in [0.2, 0.25) is 0 Å². The molecule has 0 aliphatic carbocycles. The number of amides is 1. The second-order valence-electron chi connectivity index (χ2n) is 6.86. The topological polar surface area (TPSA) is 75.4 Å². The molecule has 138 valence electrons. The third kappa shape index (κ3) is 3.07. The molecule has 1 unspecified atom stereocenters. The Labute approximate surface area is 146 Å². The number of carbonyl (C=O) groups excluding carboxylic acids is 2. The lowest BCUT2D eigenvalue weighted by Crippen LogP contribution is -2.47. The quantitative estimate of drug-likeness (QED) is 0.844. The van der Waals surface area contributed by atoms with Gasteiger partial charge in [-0.15, -0.1) is 0 Å². The third-order valence-corrected chi connectivity index (χ3v) is 5.00. The number of furan rings is 1. The average Bonchev–Trinajstić information content (AvgIpc) is 3.15. The van der Waals surface area contributed by atoms with E-state index >= 15 is 0 Å². The molecule has 0 spiro atoms. The van der Waals surface area contributed by atoms with Crippen LogP contribution in [0.15, 0.2) is 22.9 Å². The first-order valence-electron chi connectivity index (χ1n) is 8.33. The molecule has 9 heteroatoms. The highest BCUT2D eigenvalue weighted by molar-refractivity contribution is 6.10. The van der Waals surface area contributed by atoms with Crippen LogP contribution in [0.4, 0.5) is 13.2 Å². The van der Waals surface area contributed by atoms with Crippen LogP contribution >= 0.6 is 0 Å². The molecule has 3 atom stereocenters. The molecule has 0 saturated carbocycles. The zero-order valence-corrected chi connectivity index (χ0v) is 13.7. The van der Waals surface area contributed by atoms with E-state index in [-0.39, 0.29) is 22.7 Å². The number of carbonyl (C=O) groups is 2. The van der Waals surface area contributed by atoms with E-state index in [1.807, 2.05) is 0 Å². The van der Waals surface area contributed by atoms with Crippen molar-refractivity contribution in [2.45, 2.75) is 25.1 Å². The van der Waals surface area contributed by atoms with Crippen molar-refractivity contribution in [2.24, 2.45) is 5.92 Å². The highest BCUT2D eigenvalue weighted by atomic mass is 19.4. The van der Waals surface area contributed by atoms with Gasteiger partial charge in [-0.2, -0.15) is 13.2 Å². The largest absolute Gasteiger partial charge is 0.462 e. The number of halogens is 3. The summed E-state index contributed by atoms with van der Waals surface area (Å²) in [7, 11) is 0. The highest BCUT2D eigenvalue weighted by Gasteiger charge is 2.41. The van der Waals surface area contributed by atoms with Gasteiger partial charge in [0, 0.05) is 24.5 Å². The first-order valence-corrected chi connectivity index (χ1v) is 8.33. The maximum Gasteiger partial charge on any atom is 0.455 e. The molecule has 0 aromatic carbocycles. The number of ketones is 1. The lowest BCUT2D eigenvalue weighted by Gasteiger charge is -2.30. The van der Waals surface area contributed by atoms with E-state index < -0.39 is 23.4 Å². The third-order valence-electron chi connectivity index (χ3n) is 5.00. The maximum atomic E-state index is 12.7. The van der Waals surface area contributed by atoms with Gasteiger partial charge in [0.05, 0.1) is 11.8 Å². The fraction of sp³-hybridized carbons (Fsp3) is 0.471. The number of Topliss-reactive ketones (excluding diaryl/α,β-unsaturated/α-hetero) is 1. The number of alkyl halides is 3. The smallest absolute Gasteiger partial charge is 0.455 e. The van der Waals surface area contributed by atoms with Gasteiger partial charge in [-0.1, -0.05) is 0 Å². The summed E-state index contributed by atoms with van der Waals surface area (Å²) in [5, 5.41) is 2.82. The van der Waals surface area contributed by atoms with E-state index in [1.54, 1.807) is 0 Å². The molecule has 26 heavy (non-hydrogen) atoms. The molecule has 2 saturated heterocycles. The van der Waals surface area contributed by atoms with Crippen LogP contribution in [-0.2, 0) is 0 Å². The summed E-state index contributed by atoms with van der Waals surface area (Å²) in [6.45, 7) is 2.84. The van der Waals surface area contributed by atoms with Crippen molar-refractivity contribution in [3.63, 3.8) is 0 Å². The number of pyridine rings is 1. The summed E-state index contributed by atoms with van der Waals surface area (Å²) >= 11 is 0. The van der Waals surface area contributed by atoms with Crippen LogP contribution in [-0.4, -0.2) is 53.4 Å². The molecule has 4 rings (SSSR count). The number of hydrogen-bond donors (Lipinski definition) is 1. The van der Waals surface area contributed by atoms with Gasteiger partial charge >= 0.3 is 6.18 Å². The van der Waals surface area contributed by atoms with E-state index in [1.165, 1.54) is 6.07 Å². The Kier molecular flexibility index (Phi) is 3.98. The Hall–Kier alpha value is -2.42. The standard InChI is InChI=1S/C17H16F3N3O3/c18-17(19,20)15(24)12-8-26-14-5-21-13(4-11(12)14)16(25)22-10-3-9-1-2-23(6-9)7-10/h4-5,8-10H,1-3,6-7H2,(H,22,25)/t9-,10+/m0/s1. The second kappa shape index (κ2) is 6.08. The minimum Gasteiger partial charge on any atom is -0.462 e. The van der Waals surface area contributed by atoms with Gasteiger partial charge in [-0.3, -0.25) is 9.59 Å². The number of aromatic nitrogens is 1. The van der Waals surface area contributed by atoms with E-state index in [0.29, 0.717) is 5.92 Å². The van der Waals surface area contributed by atoms with Crippen molar-refractivity contribution >= 4 is 22.7 Å². The van der Waals surface area contributed by atoms with Gasteiger partial charge in [0.2, 0.25) is 0 Å². The second-order valence-corrected chi connectivity index (χ2v) is 6.86. The van der Waals surface area contributed by atoms with Crippen LogP contribution < -0.4 is 5.32 Å². The maximum absolute atomic E-state index is 12.7. The summed E-state index contributed by atoms with van der Waals surface area (Å²) in [5.41, 5.74) is -0.634. The number of piperidine rings is 1. The van der Waals surface area contributed by atoms with Crippen LogP contribution in [0.3, 0.4) is 0 Å². The highest BCUT2D eigenvalue weighted by Crippen LogP contribution is 2.29. The molecule has 6 nitrogen and oxygen atoms in total. The fourth-order valence-electron chi connectivity index (χ4n) is 3.81. The van der Waals surface area contributed by atoms with Gasteiger partial charge in [-0.05, 0) is 31.4 Å². The van der Waals surface area contributed by atoms with E-state index in [0.717, 1.165) is 44.9 Å². The lowest BCUT2D eigenvalue weighted by molar-refractivity contribution is -0.0884. The zero-order valence-electron chi connectivity index (χ0n) is 13.7. The number of nitrogens with one attached hydrogen (secondary N) is 1. The van der Waals surface area contributed by atoms with Crippen molar-refractivity contribution in [3.05, 3.63) is 29.8 Å². The summed E-state index contributed by atoms with van der Waals surface area (Å²) in [6, 6.07) is 1.16. The van der Waals surface area contributed by atoms with Gasteiger partial charge < -0.3 is 14.6 Å². The zero-order chi connectivity index (χ0) is 18.5. The molecule has 2 aliphatic rings. The summed E-state index contributed by atoms with van der Waals surface area (Å²) in [5.74, 6) is -1.91. The molecule has 1 amide bonds. The Morgan fingerprint density at radius 2 is 2.12 bits per heavy atom. The minimum atomic E-state index is -5.02. The Bertz CT molecular complexity index is 865. The predicted octanol–water partition coefficient (Wildman–Crippen LogP) is 2.40. The number of nitrogens with zero attached hydrogens (tertiary/aromatic N) is 2. The summed E-state index contributed by atoms with van der Waals surface area (Å²) in [4.78, 5) is 30.2. The molecular weight excluding hydrogens is 351 g/mol. The monoisotopic (exact) mass is 367 g/mol. The Morgan fingerprint density at radius 1 is 1.31 bits per heavy atom. The first kappa shape index (κ1) is 17.0. The van der Waals surface area contributed by atoms with E-state index in [9.17, 15) is 22.8 Å². The molecule has 2 bridgehead atoms. The van der Waals surface area contributed by atoms with Gasteiger partial charge in [0.25, 0.3) is 11.7 Å². The van der Waals surface area contributed by atoms with Crippen molar-refractivity contribution in [1.29, 1.82) is 0 Å². The SMILES string of the molecule is O=C(N[C@@H]1C[C@@H]2CCN(C2)C1)c1cc2c(C(=O)C(F)(F)F)coc2cn1. The normalized spacial score (nSPS) is 25.4. The Balaban J connectivity index is 1.56. The molecule has 0 radical (unpaired) electrons. The van der Waals surface area contributed by atoms with E-state index in [2.05, 4.69) is 15.2 Å². The van der Waals surface area contributed by atoms with Gasteiger partial charge in [-0.25, -0.2) is 4.98 Å². The summed E-state index contributed by atoms with van der Waals surface area (Å²) in [6.07, 6.45) is -1.11. The lowest BCUT2D eigenvalue weighted by atomic mass is 9.97. The molecular formula is C17H16F3N3O3. The molecule has 4 heterocycles. The number of hydrogen-bond acceptors (Lipinski definition) is 5. The van der Waals surface area contributed by atoms with Crippen molar-refractivity contribution in [3.8, 4) is 0 Å². The van der Waals surface area contributed by atoms with Gasteiger partial charge in [0.1, 0.15) is 12.0 Å². The van der Waals surface area contributed by atoms with Crippen molar-refractivity contribution in [1.82, 2.24) is 15.2 Å². The fourth-order valence-corrected chi connectivity index (χ4v) is 3.81. The van der Waals surface area contributed by atoms with Gasteiger partial charge in [0.15, 0.2) is 5.58 Å². The molecule has 2 aliphatic heterocycles. The molecule has 2 aromatic rings. The van der Waals surface area contributed by atoms with E-state index in [4.69, 9.17) is 4.42 Å².